The summed E-state index contributed by atoms with van der Waals surface area (Å²) in [5.41, 5.74) is 4.67. The molecule has 0 bridgehead atoms. The van der Waals surface area contributed by atoms with Crippen LogP contribution < -0.4 is 5.32 Å². The van der Waals surface area contributed by atoms with E-state index in [0.29, 0.717) is 6.04 Å². The maximum absolute atomic E-state index is 4.68. The first-order chi connectivity index (χ1) is 15.7. The van der Waals surface area contributed by atoms with Gasteiger partial charge >= 0.3 is 0 Å². The summed E-state index contributed by atoms with van der Waals surface area (Å²) in [4.78, 5) is 18.9. The Bertz CT molecular complexity index is 772. The van der Waals surface area contributed by atoms with Crippen LogP contribution in [0.5, 0.6) is 0 Å². The summed E-state index contributed by atoms with van der Waals surface area (Å²) in [5.74, 6) is 0. The quantitative estimate of drug-likeness (QED) is 0.442. The van der Waals surface area contributed by atoms with E-state index in [4.69, 9.17) is 0 Å². The van der Waals surface area contributed by atoms with Crippen LogP contribution in [0.4, 0.5) is 0 Å². The van der Waals surface area contributed by atoms with Crippen molar-refractivity contribution in [2.75, 3.05) is 33.2 Å². The van der Waals surface area contributed by atoms with Crippen LogP contribution in [-0.2, 0) is 19.5 Å². The van der Waals surface area contributed by atoms with Gasteiger partial charge in [-0.15, -0.1) is 0 Å². The van der Waals surface area contributed by atoms with E-state index >= 15 is 0 Å². The molecule has 176 valence electrons. The number of nitrogens with zero attached hydrogens (tertiary/aromatic N) is 5. The van der Waals surface area contributed by atoms with Crippen molar-refractivity contribution in [3.8, 4) is 0 Å². The molecule has 32 heavy (non-hydrogen) atoms. The number of hydrogen-bond acceptors (Lipinski definition) is 6. The molecule has 1 aliphatic rings. The second-order valence-electron chi connectivity index (χ2n) is 9.10. The molecule has 1 atom stereocenters. The number of hydrogen-bond donors (Lipinski definition) is 1. The van der Waals surface area contributed by atoms with Crippen LogP contribution in [0.25, 0.3) is 0 Å². The van der Waals surface area contributed by atoms with Crippen LogP contribution in [0.2, 0.25) is 0 Å². The molecular formula is C26H42N6. The van der Waals surface area contributed by atoms with Gasteiger partial charge in [0.1, 0.15) is 0 Å². The lowest BCUT2D eigenvalue weighted by atomic mass is 9.91. The second-order valence-corrected chi connectivity index (χ2v) is 9.10. The Labute approximate surface area is 194 Å². The zero-order chi connectivity index (χ0) is 22.6. The van der Waals surface area contributed by atoms with Crippen LogP contribution in [0.3, 0.4) is 0 Å². The Morgan fingerprint density at radius 1 is 1.00 bits per heavy atom. The van der Waals surface area contributed by atoms with Crippen LogP contribution in [0.1, 0.15) is 81.1 Å². The summed E-state index contributed by atoms with van der Waals surface area (Å²) in [5, 5.41) is 3.52. The molecule has 1 aliphatic carbocycles. The molecule has 0 fully saturated rings. The lowest BCUT2D eigenvalue weighted by Gasteiger charge is -2.31. The van der Waals surface area contributed by atoms with Gasteiger partial charge in [0.05, 0.1) is 35.5 Å². The van der Waals surface area contributed by atoms with Crippen molar-refractivity contribution in [2.24, 2.45) is 0 Å². The molecule has 6 heteroatoms. The lowest BCUT2D eigenvalue weighted by molar-refractivity contribution is 0.206. The third kappa shape index (κ3) is 7.61. The summed E-state index contributed by atoms with van der Waals surface area (Å²) < 4.78 is 0. The molecule has 0 aliphatic heterocycles. The fourth-order valence-electron chi connectivity index (χ4n) is 4.70. The molecule has 3 rings (SSSR count). The SMILES string of the molecule is CCCN(CCC)CCCCNCc1cnc(CN(C)C2CCCc3cccnc32)cn1. The van der Waals surface area contributed by atoms with E-state index in [1.165, 1.54) is 63.0 Å². The van der Waals surface area contributed by atoms with Gasteiger partial charge in [-0.2, -0.15) is 0 Å². The highest BCUT2D eigenvalue weighted by molar-refractivity contribution is 5.25. The maximum Gasteiger partial charge on any atom is 0.0727 e. The topological polar surface area (TPSA) is 57.2 Å². The third-order valence-electron chi connectivity index (χ3n) is 6.33. The van der Waals surface area contributed by atoms with Gasteiger partial charge in [-0.25, -0.2) is 0 Å². The highest BCUT2D eigenvalue weighted by Crippen LogP contribution is 2.32. The predicted octanol–water partition coefficient (Wildman–Crippen LogP) is 4.37. The number of pyridine rings is 1. The summed E-state index contributed by atoms with van der Waals surface area (Å²) in [6.07, 6.45) is 14.2. The Balaban J connectivity index is 1.37. The van der Waals surface area contributed by atoms with E-state index in [9.17, 15) is 0 Å². The maximum atomic E-state index is 4.68. The van der Waals surface area contributed by atoms with E-state index in [1.54, 1.807) is 0 Å². The van der Waals surface area contributed by atoms with Crippen molar-refractivity contribution in [2.45, 2.75) is 77.9 Å². The Kier molecular flexibility index (Phi) is 10.5. The molecule has 1 unspecified atom stereocenters. The van der Waals surface area contributed by atoms with Crippen molar-refractivity contribution in [1.29, 1.82) is 0 Å². The third-order valence-corrected chi connectivity index (χ3v) is 6.33. The molecule has 6 nitrogen and oxygen atoms in total. The molecule has 0 aromatic carbocycles. The van der Waals surface area contributed by atoms with Crippen molar-refractivity contribution >= 4 is 0 Å². The minimum Gasteiger partial charge on any atom is -0.311 e. The summed E-state index contributed by atoms with van der Waals surface area (Å²) in [6.45, 7) is 10.8. The molecule has 0 saturated carbocycles. The summed E-state index contributed by atoms with van der Waals surface area (Å²) >= 11 is 0. The van der Waals surface area contributed by atoms with E-state index in [2.05, 4.69) is 57.0 Å². The van der Waals surface area contributed by atoms with Crippen LogP contribution >= 0.6 is 0 Å². The minimum absolute atomic E-state index is 0.369. The molecule has 0 spiro atoms. The smallest absolute Gasteiger partial charge is 0.0727 e. The average Bonchev–Trinajstić information content (AvgIpc) is 2.82. The fourth-order valence-corrected chi connectivity index (χ4v) is 4.70. The van der Waals surface area contributed by atoms with E-state index in [-0.39, 0.29) is 0 Å². The first kappa shape index (κ1) is 24.7. The Hall–Kier alpha value is -1.89. The zero-order valence-corrected chi connectivity index (χ0v) is 20.4. The standard InChI is InChI=1S/C26H42N6/c1-4-15-32(16-5-2)17-7-6-13-27-18-23-19-30-24(20-29-23)21-31(3)25-12-8-10-22-11-9-14-28-26(22)25/h9,11,14,19-20,25,27H,4-8,10,12-13,15-18,21H2,1-3H3. The molecular weight excluding hydrogens is 396 g/mol. The van der Waals surface area contributed by atoms with Gasteiger partial charge in [0.15, 0.2) is 0 Å². The zero-order valence-electron chi connectivity index (χ0n) is 20.4. The second kappa shape index (κ2) is 13.6. The Morgan fingerprint density at radius 2 is 1.78 bits per heavy atom. The van der Waals surface area contributed by atoms with Crippen LogP contribution in [0.15, 0.2) is 30.7 Å². The van der Waals surface area contributed by atoms with Gasteiger partial charge in [-0.3, -0.25) is 19.9 Å². The molecule has 0 radical (unpaired) electrons. The van der Waals surface area contributed by atoms with Gasteiger partial charge < -0.3 is 10.2 Å². The fraction of sp³-hybridized carbons (Fsp3) is 0.654. The van der Waals surface area contributed by atoms with E-state index in [0.717, 1.165) is 43.9 Å². The van der Waals surface area contributed by atoms with Crippen molar-refractivity contribution in [3.63, 3.8) is 0 Å². The summed E-state index contributed by atoms with van der Waals surface area (Å²) in [7, 11) is 2.17. The molecule has 2 aromatic heterocycles. The number of unbranched alkanes of at least 4 members (excludes halogenated alkanes) is 1. The van der Waals surface area contributed by atoms with Crippen LogP contribution in [0, 0.1) is 0 Å². The largest absolute Gasteiger partial charge is 0.311 e. The summed E-state index contributed by atoms with van der Waals surface area (Å²) in [6, 6.07) is 4.64. The minimum atomic E-state index is 0.369. The van der Waals surface area contributed by atoms with Crippen LogP contribution in [-0.4, -0.2) is 58.0 Å². The number of aromatic nitrogens is 3. The predicted molar refractivity (Wildman–Crippen MR) is 131 cm³/mol. The van der Waals surface area contributed by atoms with Crippen molar-refractivity contribution in [1.82, 2.24) is 30.1 Å². The molecule has 2 aromatic rings. The Morgan fingerprint density at radius 3 is 2.53 bits per heavy atom. The van der Waals surface area contributed by atoms with Gasteiger partial charge in [0.2, 0.25) is 0 Å². The normalized spacial score (nSPS) is 16.0. The monoisotopic (exact) mass is 438 g/mol. The highest BCUT2D eigenvalue weighted by atomic mass is 15.1. The lowest BCUT2D eigenvalue weighted by Crippen LogP contribution is -2.28. The first-order valence-electron chi connectivity index (χ1n) is 12.6. The number of fused-ring (bicyclic) bond motifs is 1. The molecule has 2 heterocycles. The molecule has 0 saturated heterocycles. The number of nitrogens with one attached hydrogen (secondary N) is 1. The van der Waals surface area contributed by atoms with Gasteiger partial charge in [-0.05, 0) is 89.8 Å². The van der Waals surface area contributed by atoms with E-state index < -0.39 is 0 Å². The molecule has 1 N–H and O–H groups in total. The number of aryl methyl sites for hydroxylation is 1. The first-order valence-corrected chi connectivity index (χ1v) is 12.6. The van der Waals surface area contributed by atoms with Gasteiger partial charge in [0.25, 0.3) is 0 Å². The highest BCUT2D eigenvalue weighted by Gasteiger charge is 2.25. The van der Waals surface area contributed by atoms with Gasteiger partial charge in [0, 0.05) is 19.3 Å². The van der Waals surface area contributed by atoms with Crippen molar-refractivity contribution in [3.05, 3.63) is 53.4 Å². The van der Waals surface area contributed by atoms with Gasteiger partial charge in [-0.1, -0.05) is 19.9 Å². The molecule has 0 amide bonds. The van der Waals surface area contributed by atoms with Crippen molar-refractivity contribution < 1.29 is 0 Å². The number of rotatable bonds is 14. The average molecular weight is 439 g/mol. The van der Waals surface area contributed by atoms with E-state index in [1.807, 2.05) is 24.7 Å².